The Morgan fingerprint density at radius 3 is 2.90 bits per heavy atom. The van der Waals surface area contributed by atoms with Gasteiger partial charge in [-0.25, -0.2) is 4.98 Å². The molecule has 0 aliphatic heterocycles. The Balaban J connectivity index is 1.90. The SMILES string of the molecule is COCCN(CCNc1nccc(C)c1[N+](=O)[O-])C1CC1. The average molecular weight is 294 g/mol. The van der Waals surface area contributed by atoms with E-state index in [-0.39, 0.29) is 10.6 Å². The fourth-order valence-electron chi connectivity index (χ4n) is 2.35. The van der Waals surface area contributed by atoms with Crippen molar-refractivity contribution < 1.29 is 9.66 Å². The summed E-state index contributed by atoms with van der Waals surface area (Å²) >= 11 is 0. The molecule has 116 valence electrons. The Morgan fingerprint density at radius 1 is 1.52 bits per heavy atom. The molecule has 2 rings (SSSR count). The minimum absolute atomic E-state index is 0.0624. The molecule has 1 N–H and O–H groups in total. The molecule has 7 nitrogen and oxygen atoms in total. The zero-order valence-electron chi connectivity index (χ0n) is 12.5. The van der Waals surface area contributed by atoms with Gasteiger partial charge in [0.1, 0.15) is 0 Å². The molecule has 1 aliphatic rings. The summed E-state index contributed by atoms with van der Waals surface area (Å²) in [6.07, 6.45) is 4.05. The van der Waals surface area contributed by atoms with E-state index >= 15 is 0 Å². The van der Waals surface area contributed by atoms with Gasteiger partial charge in [-0.15, -0.1) is 0 Å². The van der Waals surface area contributed by atoms with Crippen molar-refractivity contribution in [2.75, 3.05) is 38.7 Å². The zero-order valence-corrected chi connectivity index (χ0v) is 12.5. The third-order valence-electron chi connectivity index (χ3n) is 3.65. The highest BCUT2D eigenvalue weighted by atomic mass is 16.6. The molecule has 0 amide bonds. The second-order valence-corrected chi connectivity index (χ2v) is 5.27. The first-order valence-electron chi connectivity index (χ1n) is 7.20. The number of nitrogens with one attached hydrogen (secondary N) is 1. The van der Waals surface area contributed by atoms with Gasteiger partial charge in [0.2, 0.25) is 5.82 Å². The fraction of sp³-hybridized carbons (Fsp3) is 0.643. The van der Waals surface area contributed by atoms with Crippen molar-refractivity contribution >= 4 is 11.5 Å². The van der Waals surface area contributed by atoms with Crippen LogP contribution in [0.1, 0.15) is 18.4 Å². The van der Waals surface area contributed by atoms with E-state index in [0.29, 0.717) is 30.6 Å². The number of anilines is 1. The standard InChI is InChI=1S/C14H22N4O3/c1-11-5-6-15-14(13(11)18(19)20)16-7-8-17(9-10-21-2)12-3-4-12/h5-6,12H,3-4,7-10H2,1-2H3,(H,15,16). The highest BCUT2D eigenvalue weighted by Crippen LogP contribution is 2.27. The van der Waals surface area contributed by atoms with Crippen LogP contribution in [0.15, 0.2) is 12.3 Å². The first-order valence-corrected chi connectivity index (χ1v) is 7.20. The van der Waals surface area contributed by atoms with E-state index in [1.54, 1.807) is 26.3 Å². The number of hydrogen-bond donors (Lipinski definition) is 1. The summed E-state index contributed by atoms with van der Waals surface area (Å²) in [5.41, 5.74) is 0.684. The maximum atomic E-state index is 11.1. The smallest absolute Gasteiger partial charge is 0.314 e. The number of aromatic nitrogens is 1. The van der Waals surface area contributed by atoms with E-state index in [4.69, 9.17) is 4.74 Å². The molecule has 1 aliphatic carbocycles. The topological polar surface area (TPSA) is 80.5 Å². The van der Waals surface area contributed by atoms with Crippen LogP contribution in [0, 0.1) is 17.0 Å². The molecule has 0 unspecified atom stereocenters. The van der Waals surface area contributed by atoms with Gasteiger partial charge in [-0.2, -0.15) is 0 Å². The number of aryl methyl sites for hydroxylation is 1. The maximum absolute atomic E-state index is 11.1. The minimum Gasteiger partial charge on any atom is -0.383 e. The van der Waals surface area contributed by atoms with E-state index in [9.17, 15) is 10.1 Å². The summed E-state index contributed by atoms with van der Waals surface area (Å²) in [7, 11) is 1.70. The summed E-state index contributed by atoms with van der Waals surface area (Å²) in [6, 6.07) is 2.29. The third-order valence-corrected chi connectivity index (χ3v) is 3.65. The molecule has 0 spiro atoms. The van der Waals surface area contributed by atoms with Crippen LogP contribution in [0.4, 0.5) is 11.5 Å². The van der Waals surface area contributed by atoms with E-state index in [1.807, 2.05) is 0 Å². The molecule has 21 heavy (non-hydrogen) atoms. The van der Waals surface area contributed by atoms with Crippen LogP contribution in [0.25, 0.3) is 0 Å². The van der Waals surface area contributed by atoms with Crippen LogP contribution in [0.2, 0.25) is 0 Å². The zero-order chi connectivity index (χ0) is 15.2. The Kier molecular flexibility index (Phi) is 5.46. The molecule has 7 heteroatoms. The summed E-state index contributed by atoms with van der Waals surface area (Å²) in [4.78, 5) is 17.2. The van der Waals surface area contributed by atoms with Gasteiger partial charge in [0.25, 0.3) is 0 Å². The van der Waals surface area contributed by atoms with Gasteiger partial charge in [0, 0.05) is 44.5 Å². The lowest BCUT2D eigenvalue weighted by atomic mass is 10.2. The lowest BCUT2D eigenvalue weighted by molar-refractivity contribution is -0.384. The minimum atomic E-state index is -0.381. The normalized spacial score (nSPS) is 14.4. The van der Waals surface area contributed by atoms with Crippen molar-refractivity contribution in [2.24, 2.45) is 0 Å². The number of nitro groups is 1. The number of rotatable bonds is 9. The summed E-state index contributed by atoms with van der Waals surface area (Å²) in [5.74, 6) is 0.350. The molecule has 1 heterocycles. The van der Waals surface area contributed by atoms with E-state index in [1.165, 1.54) is 12.8 Å². The quantitative estimate of drug-likeness (QED) is 0.553. The monoisotopic (exact) mass is 294 g/mol. The summed E-state index contributed by atoms with van der Waals surface area (Å²) < 4.78 is 5.12. The first-order chi connectivity index (χ1) is 10.1. The van der Waals surface area contributed by atoms with Crippen molar-refractivity contribution in [1.29, 1.82) is 0 Å². The van der Waals surface area contributed by atoms with Crippen molar-refractivity contribution in [3.8, 4) is 0 Å². The molecule has 1 aromatic rings. The molecular weight excluding hydrogens is 272 g/mol. The lowest BCUT2D eigenvalue weighted by Crippen LogP contribution is -2.34. The molecule has 0 aromatic carbocycles. The number of ether oxygens (including phenoxy) is 1. The molecule has 0 atom stereocenters. The Labute approximate surface area is 124 Å². The largest absolute Gasteiger partial charge is 0.383 e. The predicted octanol–water partition coefficient (Wildman–Crippen LogP) is 1.82. The van der Waals surface area contributed by atoms with Gasteiger partial charge in [0.15, 0.2) is 0 Å². The van der Waals surface area contributed by atoms with Gasteiger partial charge in [-0.05, 0) is 25.8 Å². The van der Waals surface area contributed by atoms with Crippen LogP contribution in [0.3, 0.4) is 0 Å². The molecule has 1 fully saturated rings. The van der Waals surface area contributed by atoms with Crippen molar-refractivity contribution in [3.63, 3.8) is 0 Å². The van der Waals surface area contributed by atoms with Crippen molar-refractivity contribution in [2.45, 2.75) is 25.8 Å². The highest BCUT2D eigenvalue weighted by Gasteiger charge is 2.28. The Hall–Kier alpha value is -1.73. The van der Waals surface area contributed by atoms with Crippen LogP contribution < -0.4 is 5.32 Å². The van der Waals surface area contributed by atoms with Gasteiger partial charge < -0.3 is 10.1 Å². The predicted molar refractivity (Wildman–Crippen MR) is 80.6 cm³/mol. The molecule has 0 radical (unpaired) electrons. The van der Waals surface area contributed by atoms with E-state index < -0.39 is 0 Å². The van der Waals surface area contributed by atoms with E-state index in [0.717, 1.165) is 13.1 Å². The van der Waals surface area contributed by atoms with E-state index in [2.05, 4.69) is 15.2 Å². The number of hydrogen-bond acceptors (Lipinski definition) is 6. The third kappa shape index (κ3) is 4.37. The van der Waals surface area contributed by atoms with Gasteiger partial charge >= 0.3 is 5.69 Å². The fourth-order valence-corrected chi connectivity index (χ4v) is 2.35. The first kappa shape index (κ1) is 15.7. The van der Waals surface area contributed by atoms with Crippen LogP contribution >= 0.6 is 0 Å². The number of methoxy groups -OCH3 is 1. The van der Waals surface area contributed by atoms with Gasteiger partial charge in [0.05, 0.1) is 11.5 Å². The number of pyridine rings is 1. The summed E-state index contributed by atoms with van der Waals surface area (Å²) in [5, 5.41) is 14.2. The molecule has 1 aromatic heterocycles. The Bertz CT molecular complexity index is 491. The lowest BCUT2D eigenvalue weighted by Gasteiger charge is -2.21. The molecule has 1 saturated carbocycles. The van der Waals surface area contributed by atoms with Crippen LogP contribution in [0.5, 0.6) is 0 Å². The van der Waals surface area contributed by atoms with Crippen molar-refractivity contribution in [3.05, 3.63) is 27.9 Å². The molecular formula is C14H22N4O3. The average Bonchev–Trinajstić information content (AvgIpc) is 3.26. The summed E-state index contributed by atoms with van der Waals surface area (Å²) in [6.45, 7) is 4.80. The van der Waals surface area contributed by atoms with Gasteiger partial charge in [-0.3, -0.25) is 15.0 Å². The van der Waals surface area contributed by atoms with Crippen LogP contribution in [-0.4, -0.2) is 54.2 Å². The maximum Gasteiger partial charge on any atom is 0.314 e. The second-order valence-electron chi connectivity index (χ2n) is 5.27. The highest BCUT2D eigenvalue weighted by molar-refractivity contribution is 5.59. The van der Waals surface area contributed by atoms with Crippen molar-refractivity contribution in [1.82, 2.24) is 9.88 Å². The van der Waals surface area contributed by atoms with Gasteiger partial charge in [-0.1, -0.05) is 0 Å². The van der Waals surface area contributed by atoms with Crippen LogP contribution in [-0.2, 0) is 4.74 Å². The molecule has 0 bridgehead atoms. The number of nitrogens with zero attached hydrogens (tertiary/aromatic N) is 3. The molecule has 0 saturated heterocycles. The second kappa shape index (κ2) is 7.33. The Morgan fingerprint density at radius 2 is 2.29 bits per heavy atom.